The van der Waals surface area contributed by atoms with Gasteiger partial charge in [-0.3, -0.25) is 4.90 Å². The number of aromatic amines is 1. The summed E-state index contributed by atoms with van der Waals surface area (Å²) in [5.41, 5.74) is 3.79. The molecule has 3 aromatic rings. The second kappa shape index (κ2) is 8.45. The van der Waals surface area contributed by atoms with E-state index in [9.17, 15) is 9.59 Å². The van der Waals surface area contributed by atoms with Crippen molar-refractivity contribution in [2.75, 3.05) is 7.11 Å². The maximum absolute atomic E-state index is 13.2. The Kier molecular flexibility index (Phi) is 5.57. The Labute approximate surface area is 175 Å². The molecular weight excluding hydrogens is 380 g/mol. The molecule has 0 unspecified atom stereocenters. The summed E-state index contributed by atoms with van der Waals surface area (Å²) < 4.78 is 10.6. The first-order valence-corrected chi connectivity index (χ1v) is 9.91. The average molecular weight is 404 g/mol. The first-order valence-electron chi connectivity index (χ1n) is 9.91. The van der Waals surface area contributed by atoms with Gasteiger partial charge in [-0.25, -0.2) is 9.59 Å². The Morgan fingerprint density at radius 1 is 1.17 bits per heavy atom. The van der Waals surface area contributed by atoms with Crippen molar-refractivity contribution in [3.05, 3.63) is 84.1 Å². The van der Waals surface area contributed by atoms with Gasteiger partial charge in [-0.15, -0.1) is 6.58 Å². The molecule has 0 saturated heterocycles. The number of ether oxygens (including phenoxy) is 2. The highest BCUT2D eigenvalue weighted by Crippen LogP contribution is 2.39. The minimum atomic E-state index is -0.769. The summed E-state index contributed by atoms with van der Waals surface area (Å²) in [6.07, 6.45) is 2.04. The van der Waals surface area contributed by atoms with Gasteiger partial charge in [0.1, 0.15) is 12.6 Å². The summed E-state index contributed by atoms with van der Waals surface area (Å²) >= 11 is 0. The van der Waals surface area contributed by atoms with Crippen LogP contribution in [0.25, 0.3) is 10.9 Å². The Morgan fingerprint density at radius 2 is 1.90 bits per heavy atom. The van der Waals surface area contributed by atoms with Crippen molar-refractivity contribution in [2.24, 2.45) is 0 Å². The van der Waals surface area contributed by atoms with Crippen molar-refractivity contribution in [3.63, 3.8) is 0 Å². The molecule has 0 saturated carbocycles. The van der Waals surface area contributed by atoms with Crippen LogP contribution in [-0.4, -0.2) is 35.1 Å². The van der Waals surface area contributed by atoms with Crippen molar-refractivity contribution in [1.82, 2.24) is 9.88 Å². The van der Waals surface area contributed by atoms with E-state index in [1.807, 2.05) is 54.6 Å². The van der Waals surface area contributed by atoms with Crippen LogP contribution in [0.15, 0.2) is 67.3 Å². The van der Waals surface area contributed by atoms with Crippen LogP contribution >= 0.6 is 0 Å². The molecule has 0 bridgehead atoms. The fraction of sp³-hybridized carbons (Fsp3) is 0.250. The summed E-state index contributed by atoms with van der Waals surface area (Å²) in [6, 6.07) is 16.2. The van der Waals surface area contributed by atoms with Crippen LogP contribution in [0.3, 0.4) is 0 Å². The van der Waals surface area contributed by atoms with E-state index in [2.05, 4.69) is 11.6 Å². The molecule has 1 aliphatic heterocycles. The molecule has 2 atom stereocenters. The number of amides is 1. The van der Waals surface area contributed by atoms with Gasteiger partial charge in [0.05, 0.1) is 13.2 Å². The zero-order valence-electron chi connectivity index (χ0n) is 16.8. The fourth-order valence-electron chi connectivity index (χ4n) is 4.14. The van der Waals surface area contributed by atoms with Crippen molar-refractivity contribution in [1.29, 1.82) is 0 Å². The first kappa shape index (κ1) is 19.8. The maximum Gasteiger partial charge on any atom is 0.411 e. The van der Waals surface area contributed by atoms with Gasteiger partial charge in [0, 0.05) is 23.0 Å². The van der Waals surface area contributed by atoms with Crippen molar-refractivity contribution in [2.45, 2.75) is 31.5 Å². The van der Waals surface area contributed by atoms with Crippen LogP contribution in [0, 0.1) is 0 Å². The molecule has 4 rings (SSSR count). The average Bonchev–Trinajstić information content (AvgIpc) is 3.16. The molecular formula is C24H24N2O4. The monoisotopic (exact) mass is 404 g/mol. The van der Waals surface area contributed by atoms with Crippen molar-refractivity contribution >= 4 is 23.0 Å². The van der Waals surface area contributed by atoms with E-state index >= 15 is 0 Å². The number of hydrogen-bond donors (Lipinski definition) is 1. The lowest BCUT2D eigenvalue weighted by Crippen LogP contribution is -2.51. The number of para-hydroxylation sites is 1. The summed E-state index contributed by atoms with van der Waals surface area (Å²) in [5, 5.41) is 1.05. The van der Waals surface area contributed by atoms with Crippen molar-refractivity contribution in [3.8, 4) is 0 Å². The summed E-state index contributed by atoms with van der Waals surface area (Å²) in [5.74, 6) is -0.461. The van der Waals surface area contributed by atoms with Crippen LogP contribution in [0.4, 0.5) is 4.79 Å². The van der Waals surface area contributed by atoms with E-state index in [1.54, 1.807) is 6.08 Å². The topological polar surface area (TPSA) is 71.6 Å². The summed E-state index contributed by atoms with van der Waals surface area (Å²) in [4.78, 5) is 30.8. The molecule has 2 aromatic carbocycles. The molecule has 6 nitrogen and oxygen atoms in total. The van der Waals surface area contributed by atoms with Crippen LogP contribution in [-0.2, 0) is 27.3 Å². The number of methoxy groups -OCH3 is 1. The molecule has 0 spiro atoms. The highest BCUT2D eigenvalue weighted by molar-refractivity contribution is 5.89. The molecule has 1 amide bonds. The standard InChI is InChI=1S/C24H24N2O4/c1-3-9-20-22-18(17-12-7-8-13-19(17)25-22)14-21(23(27)29-2)26(20)24(28)30-15-16-10-5-4-6-11-16/h3-8,10-13,20-21,25H,1,9,14-15H2,2H3/t20-,21-/m0/s1. The molecule has 0 fully saturated rings. The second-order valence-corrected chi connectivity index (χ2v) is 7.29. The highest BCUT2D eigenvalue weighted by atomic mass is 16.6. The summed E-state index contributed by atoms with van der Waals surface area (Å²) in [7, 11) is 1.34. The van der Waals surface area contributed by atoms with Gasteiger partial charge in [-0.05, 0) is 23.6 Å². The molecule has 1 aromatic heterocycles. The summed E-state index contributed by atoms with van der Waals surface area (Å²) in [6.45, 7) is 3.98. The minimum Gasteiger partial charge on any atom is -0.467 e. The number of nitrogens with one attached hydrogen (secondary N) is 1. The van der Waals surface area contributed by atoms with Crippen molar-refractivity contribution < 1.29 is 19.1 Å². The number of aromatic nitrogens is 1. The van der Waals surface area contributed by atoms with Gasteiger partial charge in [-0.1, -0.05) is 54.6 Å². The zero-order chi connectivity index (χ0) is 21.1. The lowest BCUT2D eigenvalue weighted by Gasteiger charge is -2.39. The Hall–Kier alpha value is -3.54. The molecule has 0 aliphatic carbocycles. The third-order valence-corrected chi connectivity index (χ3v) is 5.53. The van der Waals surface area contributed by atoms with Crippen LogP contribution in [0.5, 0.6) is 0 Å². The number of H-pyrrole nitrogens is 1. The normalized spacial score (nSPS) is 18.0. The fourth-order valence-corrected chi connectivity index (χ4v) is 4.14. The van der Waals surface area contributed by atoms with E-state index in [-0.39, 0.29) is 6.61 Å². The molecule has 2 heterocycles. The number of fused-ring (bicyclic) bond motifs is 3. The third kappa shape index (κ3) is 3.56. The van der Waals surface area contributed by atoms with Crippen LogP contribution in [0.2, 0.25) is 0 Å². The smallest absolute Gasteiger partial charge is 0.411 e. The maximum atomic E-state index is 13.2. The number of rotatable bonds is 5. The van der Waals surface area contributed by atoms with Gasteiger partial charge < -0.3 is 14.5 Å². The largest absolute Gasteiger partial charge is 0.467 e. The van der Waals surface area contributed by atoms with E-state index in [4.69, 9.17) is 9.47 Å². The van der Waals surface area contributed by atoms with E-state index < -0.39 is 24.1 Å². The van der Waals surface area contributed by atoms with Gasteiger partial charge in [0.15, 0.2) is 0 Å². The quantitative estimate of drug-likeness (QED) is 0.501. The SMILES string of the molecule is C=CC[C@H]1c2[nH]c3ccccc3c2C[C@@H](C(=O)OC)N1C(=O)OCc1ccccc1. The lowest BCUT2D eigenvalue weighted by atomic mass is 9.90. The van der Waals surface area contributed by atoms with Gasteiger partial charge in [0.25, 0.3) is 0 Å². The molecule has 1 aliphatic rings. The van der Waals surface area contributed by atoms with E-state index in [0.29, 0.717) is 12.8 Å². The number of benzene rings is 2. The molecule has 6 heteroatoms. The van der Waals surface area contributed by atoms with Crippen LogP contribution in [0.1, 0.15) is 29.3 Å². The number of hydrogen-bond acceptors (Lipinski definition) is 4. The predicted octanol–water partition coefficient (Wildman–Crippen LogP) is 4.52. The molecule has 154 valence electrons. The zero-order valence-corrected chi connectivity index (χ0v) is 16.8. The number of nitrogens with zero attached hydrogens (tertiary/aromatic N) is 1. The van der Waals surface area contributed by atoms with Gasteiger partial charge >= 0.3 is 12.1 Å². The molecule has 0 radical (unpaired) electrons. The van der Waals surface area contributed by atoms with Gasteiger partial charge in [0.2, 0.25) is 0 Å². The molecule has 1 N–H and O–H groups in total. The number of esters is 1. The highest BCUT2D eigenvalue weighted by Gasteiger charge is 2.43. The predicted molar refractivity (Wildman–Crippen MR) is 114 cm³/mol. The Bertz CT molecular complexity index is 1070. The minimum absolute atomic E-state index is 0.129. The lowest BCUT2D eigenvalue weighted by molar-refractivity contribution is -0.147. The van der Waals surface area contributed by atoms with E-state index in [0.717, 1.165) is 27.7 Å². The number of carbonyl (C=O) groups excluding carboxylic acids is 2. The second-order valence-electron chi connectivity index (χ2n) is 7.29. The molecule has 30 heavy (non-hydrogen) atoms. The van der Waals surface area contributed by atoms with Gasteiger partial charge in [-0.2, -0.15) is 0 Å². The Morgan fingerprint density at radius 3 is 2.63 bits per heavy atom. The Balaban J connectivity index is 1.72. The number of carbonyl (C=O) groups is 2. The van der Waals surface area contributed by atoms with Crippen LogP contribution < -0.4 is 0 Å². The third-order valence-electron chi connectivity index (χ3n) is 5.53. The first-order chi connectivity index (χ1) is 14.6. The van der Waals surface area contributed by atoms with E-state index in [1.165, 1.54) is 12.0 Å².